The van der Waals surface area contributed by atoms with Crippen LogP contribution in [0.2, 0.25) is 0 Å². The lowest BCUT2D eigenvalue weighted by molar-refractivity contribution is -0.123. The zero-order chi connectivity index (χ0) is 10.8. The highest BCUT2D eigenvalue weighted by Gasteiger charge is 2.47. The van der Waals surface area contributed by atoms with Crippen LogP contribution in [0.1, 0.15) is 12.8 Å². The maximum Gasteiger partial charge on any atom is 0.241 e. The van der Waals surface area contributed by atoms with Crippen LogP contribution in [-0.4, -0.2) is 45.5 Å². The van der Waals surface area contributed by atoms with Crippen molar-refractivity contribution < 1.29 is 13.2 Å². The van der Waals surface area contributed by atoms with Crippen molar-refractivity contribution in [2.45, 2.75) is 17.6 Å². The molecule has 2 N–H and O–H groups in total. The van der Waals surface area contributed by atoms with E-state index in [-0.39, 0.29) is 18.3 Å². The number of hydrogen-bond acceptors (Lipinski definition) is 4. The maximum absolute atomic E-state index is 11.6. The summed E-state index contributed by atoms with van der Waals surface area (Å²) in [6.07, 6.45) is 1.84. The Labute approximate surface area is 96.3 Å². The van der Waals surface area contributed by atoms with Crippen LogP contribution in [-0.2, 0) is 14.6 Å². The normalized spacial score (nSPS) is 20.1. The Bertz CT molecular complexity index is 323. The van der Waals surface area contributed by atoms with Crippen molar-refractivity contribution in [1.82, 2.24) is 10.6 Å². The van der Waals surface area contributed by atoms with E-state index < -0.39 is 14.6 Å². The van der Waals surface area contributed by atoms with Gasteiger partial charge in [-0.1, -0.05) is 0 Å². The Morgan fingerprint density at radius 2 is 1.80 bits per heavy atom. The van der Waals surface area contributed by atoms with Crippen LogP contribution < -0.4 is 10.6 Å². The van der Waals surface area contributed by atoms with E-state index in [1.165, 1.54) is 7.05 Å². The molecular weight excluding hydrogens is 240 g/mol. The standard InChI is InChI=1S/C8H16N2O3S.ClH/c1-9-7(11)8(14(2,12)13)3-5-10-6-4-8;/h10H,3-6H2,1-2H3,(H,9,11);1H. The summed E-state index contributed by atoms with van der Waals surface area (Å²) in [6, 6.07) is 0. The minimum absolute atomic E-state index is 0. The Morgan fingerprint density at radius 3 is 2.13 bits per heavy atom. The fourth-order valence-corrected chi connectivity index (χ4v) is 3.21. The van der Waals surface area contributed by atoms with Crippen LogP contribution in [0.25, 0.3) is 0 Å². The monoisotopic (exact) mass is 256 g/mol. The Kier molecular flexibility index (Phi) is 5.02. The van der Waals surface area contributed by atoms with E-state index in [4.69, 9.17) is 0 Å². The molecule has 0 aromatic heterocycles. The molecule has 90 valence electrons. The SMILES string of the molecule is CNC(=O)C1(S(C)(=O)=O)CCNCC1.Cl. The van der Waals surface area contributed by atoms with Crippen molar-refractivity contribution in [3.8, 4) is 0 Å². The lowest BCUT2D eigenvalue weighted by Gasteiger charge is -2.33. The highest BCUT2D eigenvalue weighted by atomic mass is 35.5. The van der Waals surface area contributed by atoms with Crippen molar-refractivity contribution >= 4 is 28.2 Å². The third kappa shape index (κ3) is 2.62. The van der Waals surface area contributed by atoms with Gasteiger partial charge in [-0.25, -0.2) is 8.42 Å². The average Bonchev–Trinajstić information content (AvgIpc) is 2.16. The van der Waals surface area contributed by atoms with Gasteiger partial charge in [0.2, 0.25) is 5.91 Å². The summed E-state index contributed by atoms with van der Waals surface area (Å²) in [5, 5.41) is 5.48. The van der Waals surface area contributed by atoms with Gasteiger partial charge in [-0.2, -0.15) is 0 Å². The minimum atomic E-state index is -3.35. The number of carbonyl (C=O) groups excluding carboxylic acids is 1. The van der Waals surface area contributed by atoms with Crippen LogP contribution >= 0.6 is 12.4 Å². The number of sulfone groups is 1. The molecule has 0 aromatic rings. The summed E-state index contributed by atoms with van der Waals surface area (Å²) in [5.41, 5.74) is 0. The molecule has 0 radical (unpaired) electrons. The smallest absolute Gasteiger partial charge is 0.241 e. The molecule has 0 aliphatic carbocycles. The Hall–Kier alpha value is -0.330. The zero-order valence-corrected chi connectivity index (χ0v) is 10.5. The Balaban J connectivity index is 0.00000196. The number of nitrogens with one attached hydrogen (secondary N) is 2. The predicted molar refractivity (Wildman–Crippen MR) is 61.0 cm³/mol. The second kappa shape index (κ2) is 5.14. The summed E-state index contributed by atoms with van der Waals surface area (Å²) < 4.78 is 22.0. The summed E-state index contributed by atoms with van der Waals surface area (Å²) >= 11 is 0. The second-order valence-corrected chi connectivity index (χ2v) is 5.92. The summed E-state index contributed by atoms with van der Waals surface area (Å²) in [6.45, 7) is 1.14. The fraction of sp³-hybridized carbons (Fsp3) is 0.875. The molecule has 0 saturated carbocycles. The van der Waals surface area contributed by atoms with E-state index in [1.54, 1.807) is 0 Å². The largest absolute Gasteiger partial charge is 0.358 e. The number of amides is 1. The average molecular weight is 257 g/mol. The van der Waals surface area contributed by atoms with Crippen molar-refractivity contribution in [1.29, 1.82) is 0 Å². The quantitative estimate of drug-likeness (QED) is 0.687. The number of hydrogen-bond donors (Lipinski definition) is 2. The van der Waals surface area contributed by atoms with Gasteiger partial charge in [-0.3, -0.25) is 4.79 Å². The topological polar surface area (TPSA) is 75.3 Å². The van der Waals surface area contributed by atoms with Gasteiger partial charge in [0.05, 0.1) is 0 Å². The first-order valence-electron chi connectivity index (χ1n) is 4.56. The first-order chi connectivity index (χ1) is 6.44. The molecule has 1 aliphatic heterocycles. The van der Waals surface area contributed by atoms with Crippen LogP contribution in [0.15, 0.2) is 0 Å². The second-order valence-electron chi connectivity index (χ2n) is 3.60. The molecule has 15 heavy (non-hydrogen) atoms. The molecule has 0 spiro atoms. The Morgan fingerprint density at radius 1 is 1.33 bits per heavy atom. The van der Waals surface area contributed by atoms with Crippen molar-refractivity contribution in [2.24, 2.45) is 0 Å². The van der Waals surface area contributed by atoms with E-state index in [0.717, 1.165) is 6.26 Å². The molecule has 1 saturated heterocycles. The van der Waals surface area contributed by atoms with Crippen LogP contribution in [0, 0.1) is 0 Å². The molecule has 1 heterocycles. The highest BCUT2D eigenvalue weighted by molar-refractivity contribution is 7.92. The summed E-state index contributed by atoms with van der Waals surface area (Å²) in [4.78, 5) is 11.6. The van der Waals surface area contributed by atoms with Gasteiger partial charge in [0.15, 0.2) is 14.6 Å². The fourth-order valence-electron chi connectivity index (χ4n) is 1.82. The molecule has 5 nitrogen and oxygen atoms in total. The van der Waals surface area contributed by atoms with Gasteiger partial charge < -0.3 is 10.6 Å². The van der Waals surface area contributed by atoms with E-state index in [1.807, 2.05) is 0 Å². The molecule has 0 bridgehead atoms. The summed E-state index contributed by atoms with van der Waals surface area (Å²) in [5.74, 6) is -0.387. The predicted octanol–water partition coefficient (Wildman–Crippen LogP) is -0.679. The maximum atomic E-state index is 11.6. The molecule has 0 aromatic carbocycles. The van der Waals surface area contributed by atoms with Gasteiger partial charge >= 0.3 is 0 Å². The number of carbonyl (C=O) groups is 1. The highest BCUT2D eigenvalue weighted by Crippen LogP contribution is 2.27. The summed E-state index contributed by atoms with van der Waals surface area (Å²) in [7, 11) is -1.88. The first kappa shape index (κ1) is 14.7. The molecular formula is C8H17ClN2O3S. The van der Waals surface area contributed by atoms with Gasteiger partial charge in [0, 0.05) is 13.3 Å². The third-order valence-electron chi connectivity index (χ3n) is 2.76. The first-order valence-corrected chi connectivity index (χ1v) is 6.46. The molecule has 1 aliphatic rings. The van der Waals surface area contributed by atoms with Gasteiger partial charge in [0.1, 0.15) is 0 Å². The lowest BCUT2D eigenvalue weighted by atomic mass is 9.96. The van der Waals surface area contributed by atoms with Crippen LogP contribution in [0.4, 0.5) is 0 Å². The minimum Gasteiger partial charge on any atom is -0.358 e. The zero-order valence-electron chi connectivity index (χ0n) is 8.87. The third-order valence-corrected chi connectivity index (χ3v) is 4.78. The van der Waals surface area contributed by atoms with Crippen molar-refractivity contribution in [3.63, 3.8) is 0 Å². The van der Waals surface area contributed by atoms with Crippen molar-refractivity contribution in [2.75, 3.05) is 26.4 Å². The molecule has 7 heteroatoms. The van der Waals surface area contributed by atoms with Crippen LogP contribution in [0.3, 0.4) is 0 Å². The van der Waals surface area contributed by atoms with E-state index in [0.29, 0.717) is 25.9 Å². The number of rotatable bonds is 2. The molecule has 1 amide bonds. The van der Waals surface area contributed by atoms with Gasteiger partial charge in [-0.15, -0.1) is 12.4 Å². The van der Waals surface area contributed by atoms with E-state index >= 15 is 0 Å². The van der Waals surface area contributed by atoms with Crippen molar-refractivity contribution in [3.05, 3.63) is 0 Å². The van der Waals surface area contributed by atoms with Crippen LogP contribution in [0.5, 0.6) is 0 Å². The molecule has 0 unspecified atom stereocenters. The van der Waals surface area contributed by atoms with E-state index in [9.17, 15) is 13.2 Å². The van der Waals surface area contributed by atoms with Gasteiger partial charge in [-0.05, 0) is 25.9 Å². The number of halogens is 1. The number of piperidine rings is 1. The molecule has 1 rings (SSSR count). The van der Waals surface area contributed by atoms with E-state index in [2.05, 4.69) is 10.6 Å². The molecule has 0 atom stereocenters. The molecule has 1 fully saturated rings. The van der Waals surface area contributed by atoms with Gasteiger partial charge in [0.25, 0.3) is 0 Å². The lowest BCUT2D eigenvalue weighted by Crippen LogP contribution is -2.56.